The third kappa shape index (κ3) is 2.80. The van der Waals surface area contributed by atoms with Crippen molar-refractivity contribution in [2.45, 2.75) is 24.8 Å². The zero-order valence-electron chi connectivity index (χ0n) is 11.5. The van der Waals surface area contributed by atoms with Crippen molar-refractivity contribution in [3.8, 4) is 0 Å². The number of methoxy groups -OCH3 is 1. The molecule has 1 fully saturated rings. The molecule has 0 bridgehead atoms. The van der Waals surface area contributed by atoms with Crippen molar-refractivity contribution in [2.75, 3.05) is 20.3 Å². The molecule has 0 saturated carbocycles. The number of hydrogen-bond donors (Lipinski definition) is 1. The number of nitrogens with two attached hydrogens (primary N) is 1. The van der Waals surface area contributed by atoms with Gasteiger partial charge in [-0.05, 0) is 25.0 Å². The molecule has 6 heteroatoms. The van der Waals surface area contributed by atoms with Crippen molar-refractivity contribution in [3.63, 3.8) is 0 Å². The van der Waals surface area contributed by atoms with E-state index in [0.29, 0.717) is 18.7 Å². The molecule has 2 heterocycles. The lowest BCUT2D eigenvalue weighted by Gasteiger charge is -2.37. The number of amides is 2. The molecule has 108 valence electrons. The Labute approximate surface area is 117 Å². The van der Waals surface area contributed by atoms with E-state index in [2.05, 4.69) is 4.98 Å². The molecule has 1 aromatic heterocycles. The first kappa shape index (κ1) is 14.5. The van der Waals surface area contributed by atoms with Gasteiger partial charge < -0.3 is 15.4 Å². The molecule has 1 aromatic rings. The van der Waals surface area contributed by atoms with Gasteiger partial charge in [-0.25, -0.2) is 0 Å². The van der Waals surface area contributed by atoms with E-state index < -0.39 is 11.4 Å². The Morgan fingerprint density at radius 3 is 2.75 bits per heavy atom. The molecule has 1 aliphatic rings. The monoisotopic (exact) mass is 277 g/mol. The molecule has 6 nitrogen and oxygen atoms in total. The summed E-state index contributed by atoms with van der Waals surface area (Å²) in [4.78, 5) is 29.6. The van der Waals surface area contributed by atoms with Crippen LogP contribution in [-0.2, 0) is 9.53 Å². The molecule has 0 aromatic carbocycles. The summed E-state index contributed by atoms with van der Waals surface area (Å²) in [7, 11) is 1.57. The van der Waals surface area contributed by atoms with Crippen LogP contribution in [-0.4, -0.2) is 47.5 Å². The quantitative estimate of drug-likeness (QED) is 0.853. The summed E-state index contributed by atoms with van der Waals surface area (Å²) in [5.41, 5.74) is 5.28. The molecule has 0 spiro atoms. The van der Waals surface area contributed by atoms with Crippen molar-refractivity contribution in [2.24, 2.45) is 5.73 Å². The molecule has 20 heavy (non-hydrogen) atoms. The van der Waals surface area contributed by atoms with Crippen LogP contribution in [0, 0.1) is 0 Å². The van der Waals surface area contributed by atoms with E-state index in [4.69, 9.17) is 10.5 Å². The van der Waals surface area contributed by atoms with Crippen LogP contribution in [0.3, 0.4) is 0 Å². The number of likely N-dealkylation sites (tertiary alicyclic amines) is 1. The molecule has 1 saturated heterocycles. The van der Waals surface area contributed by atoms with Crippen LogP contribution in [0.15, 0.2) is 24.5 Å². The van der Waals surface area contributed by atoms with Gasteiger partial charge in [-0.3, -0.25) is 14.6 Å². The summed E-state index contributed by atoms with van der Waals surface area (Å²) in [6.45, 7) is 0.921. The van der Waals surface area contributed by atoms with E-state index in [-0.39, 0.29) is 12.3 Å². The lowest BCUT2D eigenvalue weighted by atomic mass is 9.92. The number of nitrogens with zero attached hydrogens (tertiary/aromatic N) is 2. The topological polar surface area (TPSA) is 85.5 Å². The Hall–Kier alpha value is -1.95. The van der Waals surface area contributed by atoms with Gasteiger partial charge in [0.05, 0.1) is 18.6 Å². The molecular weight excluding hydrogens is 258 g/mol. The van der Waals surface area contributed by atoms with Crippen LogP contribution < -0.4 is 5.73 Å². The van der Waals surface area contributed by atoms with Gasteiger partial charge in [-0.1, -0.05) is 0 Å². The molecule has 1 aliphatic heterocycles. The third-order valence-corrected chi connectivity index (χ3v) is 3.69. The maximum absolute atomic E-state index is 12.6. The maximum atomic E-state index is 12.6. The first-order chi connectivity index (χ1) is 9.59. The predicted octanol–water partition coefficient (Wildman–Crippen LogP) is 0.578. The highest BCUT2D eigenvalue weighted by Gasteiger charge is 2.45. The number of aromatic nitrogens is 1. The normalized spacial score (nSPS) is 21.9. The molecule has 0 radical (unpaired) electrons. The van der Waals surface area contributed by atoms with Crippen molar-refractivity contribution in [3.05, 3.63) is 30.1 Å². The van der Waals surface area contributed by atoms with Crippen LogP contribution in [0.4, 0.5) is 0 Å². The zero-order valence-corrected chi connectivity index (χ0v) is 11.5. The van der Waals surface area contributed by atoms with Crippen molar-refractivity contribution in [1.82, 2.24) is 9.88 Å². The number of ether oxygens (including phenoxy) is 1. The summed E-state index contributed by atoms with van der Waals surface area (Å²) in [6.07, 6.45) is 4.84. The van der Waals surface area contributed by atoms with E-state index in [0.717, 1.165) is 12.8 Å². The van der Waals surface area contributed by atoms with Crippen molar-refractivity contribution < 1.29 is 14.3 Å². The Morgan fingerprint density at radius 1 is 1.45 bits per heavy atom. The van der Waals surface area contributed by atoms with Gasteiger partial charge in [0, 0.05) is 31.6 Å². The van der Waals surface area contributed by atoms with Gasteiger partial charge >= 0.3 is 0 Å². The molecule has 1 atom stereocenters. The smallest absolute Gasteiger partial charge is 0.254 e. The van der Waals surface area contributed by atoms with Crippen molar-refractivity contribution in [1.29, 1.82) is 0 Å². The zero-order chi connectivity index (χ0) is 14.6. The first-order valence-electron chi connectivity index (χ1n) is 6.58. The van der Waals surface area contributed by atoms with E-state index >= 15 is 0 Å². The van der Waals surface area contributed by atoms with Crippen molar-refractivity contribution >= 4 is 11.8 Å². The lowest BCUT2D eigenvalue weighted by Crippen LogP contribution is -2.52. The van der Waals surface area contributed by atoms with E-state index in [9.17, 15) is 9.59 Å². The Balaban J connectivity index is 2.28. The summed E-state index contributed by atoms with van der Waals surface area (Å²) in [5.74, 6) is -0.528. The highest BCUT2D eigenvalue weighted by atomic mass is 16.5. The van der Waals surface area contributed by atoms with E-state index in [1.54, 1.807) is 36.5 Å². The molecule has 2 N–H and O–H groups in total. The van der Waals surface area contributed by atoms with Crippen LogP contribution in [0.25, 0.3) is 0 Å². The third-order valence-electron chi connectivity index (χ3n) is 3.69. The Kier molecular flexibility index (Phi) is 4.34. The minimum atomic E-state index is -0.624. The number of primary amides is 1. The minimum Gasteiger partial charge on any atom is -0.382 e. The lowest BCUT2D eigenvalue weighted by molar-refractivity contribution is -0.121. The summed E-state index contributed by atoms with van der Waals surface area (Å²) < 4.78 is 5.23. The first-order valence-corrected chi connectivity index (χ1v) is 6.58. The molecule has 2 amide bonds. The maximum Gasteiger partial charge on any atom is 0.254 e. The van der Waals surface area contributed by atoms with Gasteiger partial charge in [0.2, 0.25) is 5.91 Å². The fourth-order valence-electron chi connectivity index (χ4n) is 2.88. The van der Waals surface area contributed by atoms with Gasteiger partial charge in [0.15, 0.2) is 0 Å². The van der Waals surface area contributed by atoms with E-state index in [1.807, 2.05) is 0 Å². The highest BCUT2D eigenvalue weighted by molar-refractivity contribution is 5.95. The number of pyridine rings is 1. The highest BCUT2D eigenvalue weighted by Crippen LogP contribution is 2.34. The van der Waals surface area contributed by atoms with Crippen LogP contribution in [0.2, 0.25) is 0 Å². The average Bonchev–Trinajstić information content (AvgIpc) is 2.82. The Morgan fingerprint density at radius 2 is 2.15 bits per heavy atom. The molecular formula is C14H19N3O3. The van der Waals surface area contributed by atoms with Crippen LogP contribution in [0.1, 0.15) is 29.6 Å². The number of rotatable bonds is 5. The fraction of sp³-hybridized carbons (Fsp3) is 0.500. The largest absolute Gasteiger partial charge is 0.382 e. The second-order valence-corrected chi connectivity index (χ2v) is 5.10. The predicted molar refractivity (Wildman–Crippen MR) is 72.9 cm³/mol. The molecule has 0 unspecified atom stereocenters. The van der Waals surface area contributed by atoms with Gasteiger partial charge in [-0.2, -0.15) is 0 Å². The molecule has 0 aliphatic carbocycles. The van der Waals surface area contributed by atoms with Gasteiger partial charge in [0.25, 0.3) is 5.91 Å². The second-order valence-electron chi connectivity index (χ2n) is 5.10. The summed E-state index contributed by atoms with van der Waals surface area (Å²) >= 11 is 0. The van der Waals surface area contributed by atoms with Crippen LogP contribution >= 0.6 is 0 Å². The minimum absolute atomic E-state index is 0.108. The average molecular weight is 277 g/mol. The number of carbonyl (C=O) groups excluding carboxylic acids is 2. The number of carbonyl (C=O) groups is 2. The standard InChI is InChI=1S/C14H19N3O3/c1-20-10-14(9-12(15)18)5-2-8-17(14)13(19)11-3-6-16-7-4-11/h3-4,6-7H,2,5,8-10H2,1H3,(H2,15,18)/t14-/m0/s1. The second kappa shape index (κ2) is 6.00. The van der Waals surface area contributed by atoms with Gasteiger partial charge in [0.1, 0.15) is 0 Å². The summed E-state index contributed by atoms with van der Waals surface area (Å²) in [5, 5.41) is 0. The molecule has 2 rings (SSSR count). The Bertz CT molecular complexity index is 492. The van der Waals surface area contributed by atoms with Gasteiger partial charge in [-0.15, -0.1) is 0 Å². The number of hydrogen-bond acceptors (Lipinski definition) is 4. The van der Waals surface area contributed by atoms with Crippen LogP contribution in [0.5, 0.6) is 0 Å². The van der Waals surface area contributed by atoms with E-state index in [1.165, 1.54) is 0 Å². The summed E-state index contributed by atoms with van der Waals surface area (Å²) in [6, 6.07) is 3.34. The SMILES string of the molecule is COC[C@@]1(CC(N)=O)CCCN1C(=O)c1ccncc1. The fourth-order valence-corrected chi connectivity index (χ4v) is 2.88.